The van der Waals surface area contributed by atoms with Gasteiger partial charge in [0.2, 0.25) is 0 Å². The fraction of sp³-hybridized carbons (Fsp3) is 1.00. The van der Waals surface area contributed by atoms with Crippen molar-refractivity contribution < 1.29 is 0 Å². The Morgan fingerprint density at radius 3 is 2.21 bits per heavy atom. The minimum absolute atomic E-state index is 0.700. The Morgan fingerprint density at radius 2 is 1.79 bits per heavy atom. The van der Waals surface area contributed by atoms with E-state index in [1.165, 1.54) is 26.2 Å². The Bertz CT molecular complexity index is 166. The summed E-state index contributed by atoms with van der Waals surface area (Å²) in [4.78, 5) is 5.21. The van der Waals surface area contributed by atoms with Crippen LogP contribution in [0.1, 0.15) is 34.6 Å². The highest BCUT2D eigenvalue weighted by atomic mass is 15.3. The van der Waals surface area contributed by atoms with Gasteiger partial charge in [0.1, 0.15) is 0 Å². The third kappa shape index (κ3) is 3.25. The van der Waals surface area contributed by atoms with Crippen LogP contribution < -0.4 is 0 Å². The molecule has 84 valence electrons. The molecule has 1 fully saturated rings. The highest BCUT2D eigenvalue weighted by molar-refractivity contribution is 4.81. The first-order valence-electron chi connectivity index (χ1n) is 5.98. The summed E-state index contributed by atoms with van der Waals surface area (Å²) in [6.07, 6.45) is 0. The SMILES string of the molecule is CC(C)CN1CCN(C(C)C)C(C)C1. The summed E-state index contributed by atoms with van der Waals surface area (Å²) < 4.78 is 0. The zero-order valence-electron chi connectivity index (χ0n) is 10.5. The summed E-state index contributed by atoms with van der Waals surface area (Å²) >= 11 is 0. The van der Waals surface area contributed by atoms with E-state index in [2.05, 4.69) is 44.4 Å². The van der Waals surface area contributed by atoms with Crippen LogP contribution >= 0.6 is 0 Å². The molecule has 0 aromatic carbocycles. The predicted molar refractivity (Wildman–Crippen MR) is 62.6 cm³/mol. The highest BCUT2D eigenvalue weighted by Gasteiger charge is 2.25. The van der Waals surface area contributed by atoms with Crippen molar-refractivity contribution in [1.82, 2.24) is 9.80 Å². The van der Waals surface area contributed by atoms with E-state index in [0.717, 1.165) is 12.0 Å². The molecule has 0 bridgehead atoms. The molecule has 2 nitrogen and oxygen atoms in total. The molecule has 0 spiro atoms. The lowest BCUT2D eigenvalue weighted by Gasteiger charge is -2.42. The first-order chi connectivity index (χ1) is 6.50. The maximum atomic E-state index is 2.61. The average Bonchev–Trinajstić information content (AvgIpc) is 2.01. The van der Waals surface area contributed by atoms with Gasteiger partial charge in [-0.1, -0.05) is 13.8 Å². The van der Waals surface area contributed by atoms with Crippen LogP contribution in [0.4, 0.5) is 0 Å². The van der Waals surface area contributed by atoms with Crippen molar-refractivity contribution in [1.29, 1.82) is 0 Å². The summed E-state index contributed by atoms with van der Waals surface area (Å²) in [7, 11) is 0. The lowest BCUT2D eigenvalue weighted by molar-refractivity contribution is 0.0546. The molecule has 1 aliphatic rings. The van der Waals surface area contributed by atoms with E-state index in [4.69, 9.17) is 0 Å². The van der Waals surface area contributed by atoms with Gasteiger partial charge in [0.15, 0.2) is 0 Å². The monoisotopic (exact) mass is 198 g/mol. The molecule has 0 aliphatic carbocycles. The average molecular weight is 198 g/mol. The van der Waals surface area contributed by atoms with Gasteiger partial charge in [0.05, 0.1) is 0 Å². The molecular weight excluding hydrogens is 172 g/mol. The van der Waals surface area contributed by atoms with E-state index in [0.29, 0.717) is 6.04 Å². The van der Waals surface area contributed by atoms with Gasteiger partial charge in [-0.05, 0) is 26.7 Å². The molecule has 14 heavy (non-hydrogen) atoms. The van der Waals surface area contributed by atoms with Crippen molar-refractivity contribution in [3.63, 3.8) is 0 Å². The Hall–Kier alpha value is -0.0800. The van der Waals surface area contributed by atoms with Crippen LogP contribution in [0, 0.1) is 5.92 Å². The van der Waals surface area contributed by atoms with Crippen LogP contribution in [-0.4, -0.2) is 48.1 Å². The van der Waals surface area contributed by atoms with Gasteiger partial charge in [-0.2, -0.15) is 0 Å². The molecular formula is C12H26N2. The van der Waals surface area contributed by atoms with E-state index in [1.807, 2.05) is 0 Å². The predicted octanol–water partition coefficient (Wildman–Crippen LogP) is 2.06. The summed E-state index contributed by atoms with van der Waals surface area (Å²) in [5, 5.41) is 0. The summed E-state index contributed by atoms with van der Waals surface area (Å²) in [5.41, 5.74) is 0. The number of piperazine rings is 1. The quantitative estimate of drug-likeness (QED) is 0.685. The fourth-order valence-electron chi connectivity index (χ4n) is 2.50. The van der Waals surface area contributed by atoms with Gasteiger partial charge >= 0.3 is 0 Å². The minimum atomic E-state index is 0.700. The van der Waals surface area contributed by atoms with Crippen molar-refractivity contribution >= 4 is 0 Å². The largest absolute Gasteiger partial charge is 0.300 e. The molecule has 0 amide bonds. The van der Waals surface area contributed by atoms with E-state index < -0.39 is 0 Å². The number of nitrogens with zero attached hydrogens (tertiary/aromatic N) is 2. The number of rotatable bonds is 3. The van der Waals surface area contributed by atoms with Crippen LogP contribution in [0.2, 0.25) is 0 Å². The minimum Gasteiger partial charge on any atom is -0.300 e. The van der Waals surface area contributed by atoms with Crippen molar-refractivity contribution in [3.05, 3.63) is 0 Å². The molecule has 1 unspecified atom stereocenters. The van der Waals surface area contributed by atoms with E-state index in [-0.39, 0.29) is 0 Å². The zero-order valence-corrected chi connectivity index (χ0v) is 10.5. The molecule has 0 N–H and O–H groups in total. The Morgan fingerprint density at radius 1 is 1.14 bits per heavy atom. The van der Waals surface area contributed by atoms with Gasteiger partial charge < -0.3 is 4.90 Å². The second-order valence-electron chi connectivity index (χ2n) is 5.33. The summed E-state index contributed by atoms with van der Waals surface area (Å²) in [6, 6.07) is 1.42. The van der Waals surface area contributed by atoms with E-state index in [9.17, 15) is 0 Å². The van der Waals surface area contributed by atoms with Crippen LogP contribution in [0.15, 0.2) is 0 Å². The van der Waals surface area contributed by atoms with E-state index in [1.54, 1.807) is 0 Å². The maximum absolute atomic E-state index is 2.61. The van der Waals surface area contributed by atoms with Crippen LogP contribution in [0.3, 0.4) is 0 Å². The van der Waals surface area contributed by atoms with Crippen LogP contribution in [0.25, 0.3) is 0 Å². The fourth-order valence-corrected chi connectivity index (χ4v) is 2.50. The summed E-state index contributed by atoms with van der Waals surface area (Å²) in [6.45, 7) is 16.6. The molecule has 1 atom stereocenters. The number of hydrogen-bond donors (Lipinski definition) is 0. The van der Waals surface area contributed by atoms with Crippen molar-refractivity contribution in [3.8, 4) is 0 Å². The number of hydrogen-bond acceptors (Lipinski definition) is 2. The Kier molecular flexibility index (Phi) is 4.39. The Balaban J connectivity index is 2.39. The molecule has 0 aromatic heterocycles. The van der Waals surface area contributed by atoms with Gasteiger partial charge in [0.25, 0.3) is 0 Å². The molecule has 1 rings (SSSR count). The maximum Gasteiger partial charge on any atom is 0.0198 e. The second-order valence-corrected chi connectivity index (χ2v) is 5.33. The molecule has 1 heterocycles. The smallest absolute Gasteiger partial charge is 0.0198 e. The van der Waals surface area contributed by atoms with Gasteiger partial charge in [-0.3, -0.25) is 4.90 Å². The lowest BCUT2D eigenvalue weighted by Crippen LogP contribution is -2.54. The zero-order chi connectivity index (χ0) is 10.7. The molecule has 0 saturated carbocycles. The first kappa shape index (κ1) is 12.0. The third-order valence-corrected chi connectivity index (χ3v) is 3.05. The highest BCUT2D eigenvalue weighted by Crippen LogP contribution is 2.13. The van der Waals surface area contributed by atoms with E-state index >= 15 is 0 Å². The van der Waals surface area contributed by atoms with Crippen molar-refractivity contribution in [2.45, 2.75) is 46.7 Å². The molecule has 0 aromatic rings. The van der Waals surface area contributed by atoms with Gasteiger partial charge in [-0.25, -0.2) is 0 Å². The first-order valence-corrected chi connectivity index (χ1v) is 5.98. The third-order valence-electron chi connectivity index (χ3n) is 3.05. The van der Waals surface area contributed by atoms with Crippen molar-refractivity contribution in [2.75, 3.05) is 26.2 Å². The van der Waals surface area contributed by atoms with Gasteiger partial charge in [-0.15, -0.1) is 0 Å². The normalized spacial score (nSPS) is 26.4. The Labute approximate surface area is 89.3 Å². The molecule has 1 saturated heterocycles. The van der Waals surface area contributed by atoms with Crippen LogP contribution in [-0.2, 0) is 0 Å². The topological polar surface area (TPSA) is 6.48 Å². The lowest BCUT2D eigenvalue weighted by atomic mass is 10.1. The van der Waals surface area contributed by atoms with Crippen LogP contribution in [0.5, 0.6) is 0 Å². The standard InChI is InChI=1S/C12H26N2/c1-10(2)8-13-6-7-14(11(3)4)12(5)9-13/h10-12H,6-9H2,1-5H3. The second kappa shape index (κ2) is 5.13. The molecule has 1 aliphatic heterocycles. The summed E-state index contributed by atoms with van der Waals surface area (Å²) in [5.74, 6) is 0.799. The molecule has 0 radical (unpaired) electrons. The molecule has 2 heteroatoms. The van der Waals surface area contributed by atoms with Gasteiger partial charge in [0, 0.05) is 38.3 Å². The van der Waals surface area contributed by atoms with Crippen molar-refractivity contribution in [2.24, 2.45) is 5.92 Å².